The number of fused-ring (bicyclic) bond motifs is 8. The first-order valence-corrected chi connectivity index (χ1v) is 13.8. The number of hydrogen-bond acceptors (Lipinski definition) is 0. The Hall–Kier alpha value is -0.617. The van der Waals surface area contributed by atoms with Crippen LogP contribution in [0.5, 0.6) is 0 Å². The molecule has 1 aliphatic heterocycles. The Kier molecular flexibility index (Phi) is 7.28. The monoisotopic (exact) mass is 514 g/mol. The van der Waals surface area contributed by atoms with Gasteiger partial charge in [0.2, 0.25) is 0 Å². The molecule has 2 aliphatic carbocycles. The van der Waals surface area contributed by atoms with Crippen LogP contribution < -0.4 is 24.8 Å². The van der Waals surface area contributed by atoms with Crippen molar-refractivity contribution in [1.29, 1.82) is 0 Å². The predicted octanol–water partition coefficient (Wildman–Crippen LogP) is 1.73. The molecule has 0 aromatic heterocycles. The largest absolute Gasteiger partial charge is 1.00 e. The van der Waals surface area contributed by atoms with Crippen LogP contribution in [0.1, 0.15) is 82.9 Å². The molecule has 5 rings (SSSR count). The van der Waals surface area contributed by atoms with Gasteiger partial charge in [0.15, 0.2) is 0 Å². The Morgan fingerprint density at radius 3 is 1.50 bits per heavy atom. The maximum atomic E-state index is 2.53. The average molecular weight is 517 g/mol. The third-order valence-electron chi connectivity index (χ3n) is 7.04. The quantitative estimate of drug-likeness (QED) is 0.581. The van der Waals surface area contributed by atoms with E-state index in [0.29, 0.717) is 0 Å². The van der Waals surface area contributed by atoms with Gasteiger partial charge in [0.1, 0.15) is 0 Å². The van der Waals surface area contributed by atoms with Gasteiger partial charge in [-0.2, -0.15) is 0 Å². The molecule has 1 heterocycles. The van der Waals surface area contributed by atoms with Crippen LogP contribution in [0, 0.1) is 5.41 Å². The molecule has 156 valence electrons. The van der Waals surface area contributed by atoms with Gasteiger partial charge in [-0.1, -0.05) is 0 Å². The van der Waals surface area contributed by atoms with Crippen LogP contribution in [0.15, 0.2) is 59.7 Å². The van der Waals surface area contributed by atoms with E-state index < -0.39 is 23.2 Å². The van der Waals surface area contributed by atoms with Crippen molar-refractivity contribution >= 4 is 11.1 Å². The van der Waals surface area contributed by atoms with E-state index in [0.717, 1.165) is 7.25 Å². The normalized spacial score (nSPS) is 22.0. The van der Waals surface area contributed by atoms with Gasteiger partial charge in [-0.25, -0.2) is 0 Å². The van der Waals surface area contributed by atoms with E-state index >= 15 is 0 Å². The number of rotatable bonds is 4. The van der Waals surface area contributed by atoms with Crippen molar-refractivity contribution < 1.29 is 48.0 Å². The first kappa shape index (κ1) is 24.0. The standard InChI is InChI=1S/C27H30.2ClH.Zr/c1-5-11-21-17-19-13-7-9-15-23(19)25(21)27(3,4)26-22(12-6-2)18-20-14-8-10-16-24(20)26;;;/h7-10,13-18H,5-6,11-12H2,1-4H3;2*1H;/q;;;+2/p-2. The minimum atomic E-state index is -0.714. The van der Waals surface area contributed by atoms with Crippen molar-refractivity contribution in [2.45, 2.75) is 60.6 Å². The molecule has 2 aromatic carbocycles. The Morgan fingerprint density at radius 2 is 1.10 bits per heavy atom. The summed E-state index contributed by atoms with van der Waals surface area (Å²) in [5, 5.41) is 0. The fourth-order valence-corrected chi connectivity index (χ4v) is 11.5. The van der Waals surface area contributed by atoms with Gasteiger partial charge in [-0.05, 0) is 0 Å². The third-order valence-corrected chi connectivity index (χ3v) is 11.9. The number of allylic oxidation sites excluding steroid dienone is 4. The van der Waals surface area contributed by atoms with Crippen LogP contribution in [0.3, 0.4) is 0 Å². The van der Waals surface area contributed by atoms with Crippen molar-refractivity contribution in [3.63, 3.8) is 0 Å². The van der Waals surface area contributed by atoms with Gasteiger partial charge in [0, 0.05) is 0 Å². The number of halogens is 2. The van der Waals surface area contributed by atoms with Crippen LogP contribution >= 0.6 is 0 Å². The SMILES string of the molecule is CCCC1=C2c3ccccc3[CH]1[Zr+2][CH]1C(CCC)=C(c3ccccc31)C2(C)C.[Cl-].[Cl-]. The van der Waals surface area contributed by atoms with Crippen LogP contribution in [0.25, 0.3) is 11.1 Å². The molecule has 0 spiro atoms. The molecule has 0 fully saturated rings. The van der Waals surface area contributed by atoms with Gasteiger partial charge in [-0.3, -0.25) is 0 Å². The van der Waals surface area contributed by atoms with E-state index in [1.807, 2.05) is 11.1 Å². The predicted molar refractivity (Wildman–Crippen MR) is 116 cm³/mol. The molecule has 2 unspecified atom stereocenters. The van der Waals surface area contributed by atoms with Crippen LogP contribution in [0.2, 0.25) is 0 Å². The van der Waals surface area contributed by atoms with Gasteiger partial charge >= 0.3 is 182 Å². The summed E-state index contributed by atoms with van der Waals surface area (Å²) in [5.41, 5.74) is 13.6. The summed E-state index contributed by atoms with van der Waals surface area (Å²) in [6.07, 6.45) is 5.07. The molecule has 0 N–H and O–H groups in total. The second-order valence-electron chi connectivity index (χ2n) is 9.13. The summed E-state index contributed by atoms with van der Waals surface area (Å²) in [5.74, 6) is 0. The van der Waals surface area contributed by atoms with Gasteiger partial charge in [-0.15, -0.1) is 0 Å². The van der Waals surface area contributed by atoms with Crippen molar-refractivity contribution in [2.24, 2.45) is 5.41 Å². The molecule has 3 aliphatic rings. The molecular weight excluding hydrogens is 486 g/mol. The second-order valence-corrected chi connectivity index (χ2v) is 12.8. The van der Waals surface area contributed by atoms with Crippen molar-refractivity contribution in [3.05, 3.63) is 81.9 Å². The van der Waals surface area contributed by atoms with Crippen molar-refractivity contribution in [3.8, 4) is 0 Å². The van der Waals surface area contributed by atoms with E-state index in [1.54, 1.807) is 33.4 Å². The van der Waals surface area contributed by atoms with Gasteiger partial charge in [0.25, 0.3) is 0 Å². The first-order chi connectivity index (χ1) is 13.6. The summed E-state index contributed by atoms with van der Waals surface area (Å²) in [6.45, 7) is 9.77. The Morgan fingerprint density at radius 1 is 0.700 bits per heavy atom. The fourth-order valence-electron chi connectivity index (χ4n) is 6.19. The maximum Gasteiger partial charge on any atom is -1.00 e. The molecule has 0 saturated heterocycles. The molecule has 0 nitrogen and oxygen atoms in total. The smallest absolute Gasteiger partial charge is 1.00 e. The molecule has 30 heavy (non-hydrogen) atoms. The summed E-state index contributed by atoms with van der Waals surface area (Å²) >= 11 is -0.714. The summed E-state index contributed by atoms with van der Waals surface area (Å²) in [4.78, 5) is 0. The maximum absolute atomic E-state index is 2.53. The van der Waals surface area contributed by atoms with Crippen molar-refractivity contribution in [2.75, 3.05) is 0 Å². The van der Waals surface area contributed by atoms with Crippen molar-refractivity contribution in [1.82, 2.24) is 0 Å². The molecular formula is C27H30Cl2Zr. The molecule has 0 saturated carbocycles. The average Bonchev–Trinajstić information content (AvgIpc) is 3.18. The molecule has 0 radical (unpaired) electrons. The Balaban J connectivity index is 0.00000128. The van der Waals surface area contributed by atoms with Crippen LogP contribution in [-0.4, -0.2) is 0 Å². The third kappa shape index (κ3) is 3.35. The zero-order valence-electron chi connectivity index (χ0n) is 18.4. The first-order valence-electron chi connectivity index (χ1n) is 11.0. The molecule has 2 atom stereocenters. The topological polar surface area (TPSA) is 0 Å². The summed E-state index contributed by atoms with van der Waals surface area (Å²) in [7, 11) is 0. The second kappa shape index (κ2) is 9.09. The molecule has 2 aromatic rings. The van der Waals surface area contributed by atoms with Crippen LogP contribution in [0.4, 0.5) is 0 Å². The fraction of sp³-hybridized carbons (Fsp3) is 0.407. The summed E-state index contributed by atoms with van der Waals surface area (Å²) < 4.78 is 1.53. The Labute approximate surface area is 206 Å². The van der Waals surface area contributed by atoms with Gasteiger partial charge in [0.05, 0.1) is 0 Å². The zero-order valence-corrected chi connectivity index (χ0v) is 22.3. The molecule has 3 heteroatoms. The van der Waals surface area contributed by atoms with E-state index in [1.165, 1.54) is 25.7 Å². The zero-order chi connectivity index (χ0) is 19.5. The van der Waals surface area contributed by atoms with E-state index in [9.17, 15) is 0 Å². The minimum absolute atomic E-state index is 0. The van der Waals surface area contributed by atoms with Crippen LogP contribution in [-0.2, 0) is 23.2 Å². The molecule has 4 bridgehead atoms. The number of benzene rings is 2. The minimum Gasteiger partial charge on any atom is -1.00 e. The summed E-state index contributed by atoms with van der Waals surface area (Å²) in [6, 6.07) is 18.8. The molecule has 0 amide bonds. The van der Waals surface area contributed by atoms with E-state index in [4.69, 9.17) is 0 Å². The Bertz CT molecular complexity index is 936. The van der Waals surface area contributed by atoms with E-state index in [-0.39, 0.29) is 30.2 Å². The van der Waals surface area contributed by atoms with Gasteiger partial charge < -0.3 is 24.8 Å². The number of hydrogen-bond donors (Lipinski definition) is 0. The van der Waals surface area contributed by atoms with E-state index in [2.05, 4.69) is 76.2 Å².